The molecule has 0 saturated carbocycles. The fourth-order valence-electron chi connectivity index (χ4n) is 0.973. The Morgan fingerprint density at radius 1 is 1.05 bits per heavy atom. The van der Waals surface area contributed by atoms with Gasteiger partial charge < -0.3 is 14.7 Å². The van der Waals surface area contributed by atoms with E-state index >= 15 is 0 Å². The molecule has 0 heterocycles. The summed E-state index contributed by atoms with van der Waals surface area (Å²) < 4.78 is 46.3. The van der Waals surface area contributed by atoms with Gasteiger partial charge >= 0.3 is 29.1 Å². The molecule has 114 valence electrons. The van der Waals surface area contributed by atoms with Crippen molar-refractivity contribution in [1.29, 1.82) is 0 Å². The van der Waals surface area contributed by atoms with E-state index in [4.69, 9.17) is 33.0 Å². The molecule has 1 rings (SSSR count). The summed E-state index contributed by atoms with van der Waals surface area (Å²) in [5, 5.41) is 0. The topological polar surface area (TPSA) is 138 Å². The molecule has 1 aromatic rings. The van der Waals surface area contributed by atoms with Gasteiger partial charge in [-0.2, -0.15) is 12.4 Å². The second-order valence-corrected chi connectivity index (χ2v) is 11.6. The Balaban J connectivity index is 3.22. The zero-order valence-electron chi connectivity index (χ0n) is 9.33. The number of hydrogen-bond acceptors (Lipinski definition) is 5. The lowest BCUT2D eigenvalue weighted by molar-refractivity contribution is 0.349. The SMILES string of the molecule is O=P(O)(O)C(Cl)(Cl)P(=O)(O)OS(=O)(=O)c1ccccc1. The van der Waals surface area contributed by atoms with E-state index in [1.807, 2.05) is 0 Å². The Kier molecular flexibility index (Phi) is 5.14. The summed E-state index contributed by atoms with van der Waals surface area (Å²) in [5.74, 6) is 0. The van der Waals surface area contributed by atoms with E-state index in [1.165, 1.54) is 18.2 Å². The molecular weight excluding hydrogens is 377 g/mol. The Bertz CT molecular complexity index is 682. The highest BCUT2D eigenvalue weighted by molar-refractivity contribution is 7.93. The van der Waals surface area contributed by atoms with Crippen molar-refractivity contribution in [3.05, 3.63) is 30.3 Å². The van der Waals surface area contributed by atoms with E-state index in [9.17, 15) is 22.4 Å². The summed E-state index contributed by atoms with van der Waals surface area (Å²) in [6, 6.07) is 6.15. The highest BCUT2D eigenvalue weighted by Crippen LogP contribution is 2.76. The molecule has 20 heavy (non-hydrogen) atoms. The van der Waals surface area contributed by atoms with Crippen LogP contribution in [0.2, 0.25) is 0 Å². The molecule has 8 nitrogen and oxygen atoms in total. The Morgan fingerprint density at radius 2 is 1.50 bits per heavy atom. The van der Waals surface area contributed by atoms with E-state index in [-0.39, 0.29) is 0 Å². The van der Waals surface area contributed by atoms with Gasteiger partial charge in [-0.15, -0.1) is 0 Å². The minimum absolute atomic E-state index is 0.510. The second-order valence-electron chi connectivity index (χ2n) is 3.42. The molecule has 0 amide bonds. The number of benzene rings is 1. The number of hydrogen-bond donors (Lipinski definition) is 3. The van der Waals surface area contributed by atoms with Crippen LogP contribution in [-0.4, -0.2) is 26.9 Å². The van der Waals surface area contributed by atoms with Crippen LogP contribution in [0.25, 0.3) is 0 Å². The number of rotatable bonds is 5. The van der Waals surface area contributed by atoms with Crippen molar-refractivity contribution in [1.82, 2.24) is 0 Å². The fourth-order valence-corrected chi connectivity index (χ4v) is 5.35. The molecular formula is C7H8Cl2O8P2S. The van der Waals surface area contributed by atoms with Crippen LogP contribution in [0.1, 0.15) is 0 Å². The molecule has 0 radical (unpaired) electrons. The van der Waals surface area contributed by atoms with Crippen LogP contribution in [0.15, 0.2) is 35.2 Å². The van der Waals surface area contributed by atoms with Gasteiger partial charge in [0.25, 0.3) is 0 Å². The van der Waals surface area contributed by atoms with Crippen LogP contribution in [0.3, 0.4) is 0 Å². The average Bonchev–Trinajstić information content (AvgIpc) is 2.27. The Morgan fingerprint density at radius 3 is 1.90 bits per heavy atom. The van der Waals surface area contributed by atoms with Gasteiger partial charge in [0, 0.05) is 0 Å². The third kappa shape index (κ3) is 3.62. The second kappa shape index (κ2) is 5.68. The van der Waals surface area contributed by atoms with Gasteiger partial charge in [-0.25, -0.2) is 0 Å². The molecule has 1 atom stereocenters. The van der Waals surface area contributed by atoms with Gasteiger partial charge in [0.05, 0.1) is 4.90 Å². The normalized spacial score (nSPS) is 16.6. The maximum Gasteiger partial charge on any atom is 0.391 e. The fraction of sp³-hybridized carbons (Fsp3) is 0.143. The van der Waals surface area contributed by atoms with E-state index in [0.717, 1.165) is 12.1 Å². The molecule has 0 fully saturated rings. The van der Waals surface area contributed by atoms with Gasteiger partial charge in [-0.05, 0) is 12.1 Å². The molecule has 3 N–H and O–H groups in total. The van der Waals surface area contributed by atoms with Crippen LogP contribution >= 0.6 is 38.4 Å². The molecule has 13 heteroatoms. The zero-order valence-corrected chi connectivity index (χ0v) is 13.4. The van der Waals surface area contributed by atoms with Crippen LogP contribution < -0.4 is 0 Å². The molecule has 0 aliphatic heterocycles. The predicted molar refractivity (Wildman–Crippen MR) is 71.0 cm³/mol. The molecule has 1 unspecified atom stereocenters. The first-order valence-electron chi connectivity index (χ1n) is 4.59. The highest BCUT2D eigenvalue weighted by Gasteiger charge is 2.61. The summed E-state index contributed by atoms with van der Waals surface area (Å²) >= 11 is 10.2. The van der Waals surface area contributed by atoms with Gasteiger partial charge in [0.1, 0.15) is 0 Å². The van der Waals surface area contributed by atoms with Gasteiger partial charge in [-0.1, -0.05) is 41.4 Å². The molecule has 0 saturated heterocycles. The van der Waals surface area contributed by atoms with Crippen LogP contribution in [0.4, 0.5) is 0 Å². The molecule has 0 aliphatic rings. The predicted octanol–water partition coefficient (Wildman–Crippen LogP) is 1.84. The highest BCUT2D eigenvalue weighted by atomic mass is 35.5. The van der Waals surface area contributed by atoms with E-state index in [1.54, 1.807) is 0 Å². The first-order valence-corrected chi connectivity index (χ1v) is 9.94. The lowest BCUT2D eigenvalue weighted by atomic mass is 10.4. The Hall–Kier alpha value is 0.0500. The minimum atomic E-state index is -5.62. The smallest absolute Gasteiger partial charge is 0.322 e. The molecule has 0 bridgehead atoms. The van der Waals surface area contributed by atoms with Crippen LogP contribution in [0, 0.1) is 0 Å². The standard InChI is InChI=1S/C7H8Cl2O8P2S/c8-7(9,18(10,11)12)19(13,14)17-20(15,16)6-4-2-1-3-5-6/h1-5H,(H,13,14)(H2,10,11,12). The van der Waals surface area contributed by atoms with Crippen molar-refractivity contribution in [2.24, 2.45) is 0 Å². The van der Waals surface area contributed by atoms with Crippen molar-refractivity contribution in [3.8, 4) is 0 Å². The summed E-state index contributed by atoms with van der Waals surface area (Å²) in [6.07, 6.45) is 0. The van der Waals surface area contributed by atoms with E-state index in [2.05, 4.69) is 3.97 Å². The number of halogens is 2. The lowest BCUT2D eigenvalue weighted by Gasteiger charge is -2.24. The van der Waals surface area contributed by atoms with Crippen molar-refractivity contribution in [3.63, 3.8) is 0 Å². The van der Waals surface area contributed by atoms with Crippen LogP contribution in [-0.2, 0) is 23.2 Å². The molecule has 0 spiro atoms. The molecule has 0 aromatic heterocycles. The monoisotopic (exact) mass is 384 g/mol. The van der Waals surface area contributed by atoms with Crippen molar-refractivity contribution < 1.29 is 36.2 Å². The Labute approximate surface area is 124 Å². The largest absolute Gasteiger partial charge is 0.391 e. The summed E-state index contributed by atoms with van der Waals surface area (Å²) in [6.45, 7) is 0. The summed E-state index contributed by atoms with van der Waals surface area (Å²) in [5.41, 5.74) is 0. The number of alkyl halides is 2. The lowest BCUT2D eigenvalue weighted by Crippen LogP contribution is -2.18. The average molecular weight is 385 g/mol. The van der Waals surface area contributed by atoms with Gasteiger partial charge in [0.2, 0.25) is 0 Å². The van der Waals surface area contributed by atoms with Crippen LogP contribution in [0.5, 0.6) is 0 Å². The maximum atomic E-state index is 11.7. The van der Waals surface area contributed by atoms with Gasteiger partial charge in [-0.3, -0.25) is 9.13 Å². The van der Waals surface area contributed by atoms with Crippen molar-refractivity contribution >= 4 is 48.5 Å². The molecule has 0 aliphatic carbocycles. The quantitative estimate of drug-likeness (QED) is 0.516. The summed E-state index contributed by atoms with van der Waals surface area (Å²) in [4.78, 5) is 26.4. The van der Waals surface area contributed by atoms with E-state index < -0.39 is 34.0 Å². The van der Waals surface area contributed by atoms with Crippen molar-refractivity contribution in [2.45, 2.75) is 8.71 Å². The molecule has 1 aromatic carbocycles. The maximum absolute atomic E-state index is 11.7. The first-order chi connectivity index (χ1) is 8.81. The summed E-state index contributed by atoms with van der Waals surface area (Å²) in [7, 11) is -16.0. The van der Waals surface area contributed by atoms with E-state index in [0.29, 0.717) is 0 Å². The third-order valence-electron chi connectivity index (χ3n) is 1.92. The van der Waals surface area contributed by atoms with Gasteiger partial charge in [0.15, 0.2) is 0 Å². The first kappa shape index (κ1) is 18.1. The van der Waals surface area contributed by atoms with Crippen molar-refractivity contribution in [2.75, 3.05) is 0 Å². The third-order valence-corrected chi connectivity index (χ3v) is 9.89. The zero-order chi connectivity index (χ0) is 15.8. The minimum Gasteiger partial charge on any atom is -0.322 e.